The number of nitrogens with zero attached hydrogens (tertiary/aromatic N) is 2. The number of nitro benzene ring substituents is 1. The average Bonchev–Trinajstić information content (AvgIpc) is 3.46. The molecule has 0 spiro atoms. The van der Waals surface area contributed by atoms with Crippen LogP contribution in [0.15, 0.2) is 88.7 Å². The van der Waals surface area contributed by atoms with Crippen molar-refractivity contribution in [3.8, 4) is 5.75 Å². The Hall–Kier alpha value is -4.75. The van der Waals surface area contributed by atoms with Crippen LogP contribution in [0, 0.1) is 16.0 Å². The summed E-state index contributed by atoms with van der Waals surface area (Å²) in [6.07, 6.45) is 0. The molecule has 11 nitrogen and oxygen atoms in total. The van der Waals surface area contributed by atoms with Gasteiger partial charge >= 0.3 is 4.87 Å². The number of hydrogen-bond acceptors (Lipinski definition) is 9. The molecule has 2 aliphatic heterocycles. The topological polar surface area (TPSA) is 152 Å². The summed E-state index contributed by atoms with van der Waals surface area (Å²) in [5, 5.41) is 13.5. The molecular weight excluding hydrogens is 568 g/mol. The van der Waals surface area contributed by atoms with Crippen LogP contribution in [-0.2, 0) is 14.4 Å². The van der Waals surface area contributed by atoms with Crippen LogP contribution in [0.5, 0.6) is 5.75 Å². The van der Waals surface area contributed by atoms with Crippen molar-refractivity contribution in [3.05, 3.63) is 109 Å². The number of nitro groups is 1. The second kappa shape index (κ2) is 10.7. The van der Waals surface area contributed by atoms with E-state index in [0.29, 0.717) is 26.9 Å². The quantitative estimate of drug-likeness (QED) is 0.186. The SMILES string of the molecule is O=C(COc1ccccc1C1c2sc(=O)[nH]c2SC2C(=O)N(c3ccc([N+](=O)[O-])cc3)C(=O)C21)Nc1ccccc1. The van der Waals surface area contributed by atoms with Gasteiger partial charge in [0, 0.05) is 34.2 Å². The van der Waals surface area contributed by atoms with Crippen molar-refractivity contribution < 1.29 is 24.0 Å². The van der Waals surface area contributed by atoms with E-state index in [-0.39, 0.29) is 28.8 Å². The van der Waals surface area contributed by atoms with Gasteiger partial charge in [-0.25, -0.2) is 4.90 Å². The molecule has 13 heteroatoms. The normalized spacial score (nSPS) is 19.4. The molecule has 3 atom stereocenters. The third-order valence-electron chi connectivity index (χ3n) is 6.81. The second-order valence-corrected chi connectivity index (χ2v) is 11.4. The zero-order valence-electron chi connectivity index (χ0n) is 21.0. The first-order valence-electron chi connectivity index (χ1n) is 12.4. The fraction of sp³-hybridized carbons (Fsp3) is 0.143. The summed E-state index contributed by atoms with van der Waals surface area (Å²) in [5.41, 5.74) is 1.22. The minimum absolute atomic E-state index is 0.167. The molecule has 41 heavy (non-hydrogen) atoms. The predicted molar refractivity (Wildman–Crippen MR) is 153 cm³/mol. The highest BCUT2D eigenvalue weighted by molar-refractivity contribution is 8.00. The molecule has 3 heterocycles. The molecule has 3 unspecified atom stereocenters. The molecule has 0 bridgehead atoms. The molecule has 0 radical (unpaired) electrons. The summed E-state index contributed by atoms with van der Waals surface area (Å²) in [4.78, 5) is 67.2. The fourth-order valence-corrected chi connectivity index (χ4v) is 7.57. The molecule has 1 saturated heterocycles. The second-order valence-electron chi connectivity index (χ2n) is 9.28. The number of non-ortho nitro benzene ring substituents is 1. The Kier molecular flexibility index (Phi) is 6.89. The van der Waals surface area contributed by atoms with Crippen molar-refractivity contribution in [1.29, 1.82) is 0 Å². The number of carbonyl (C=O) groups is 3. The third-order valence-corrected chi connectivity index (χ3v) is 9.21. The summed E-state index contributed by atoms with van der Waals surface area (Å²) >= 11 is 2.08. The first-order valence-corrected chi connectivity index (χ1v) is 14.1. The number of thiazole rings is 1. The highest BCUT2D eigenvalue weighted by atomic mass is 32.2. The number of ether oxygens (including phenoxy) is 1. The number of para-hydroxylation sites is 2. The largest absolute Gasteiger partial charge is 0.483 e. The molecular formula is C28H20N4O7S2. The predicted octanol–water partition coefficient (Wildman–Crippen LogP) is 4.16. The van der Waals surface area contributed by atoms with Gasteiger partial charge < -0.3 is 15.0 Å². The summed E-state index contributed by atoms with van der Waals surface area (Å²) in [7, 11) is 0. The van der Waals surface area contributed by atoms with Crippen LogP contribution in [0.25, 0.3) is 0 Å². The number of hydrogen-bond donors (Lipinski definition) is 2. The zero-order chi connectivity index (χ0) is 28.7. The minimum Gasteiger partial charge on any atom is -0.483 e. The Bertz CT molecular complexity index is 1740. The van der Waals surface area contributed by atoms with Gasteiger partial charge in [0.25, 0.3) is 11.6 Å². The van der Waals surface area contributed by atoms with Crippen molar-refractivity contribution in [2.24, 2.45) is 5.92 Å². The smallest absolute Gasteiger partial charge is 0.305 e. The van der Waals surface area contributed by atoms with Crippen LogP contribution in [-0.4, -0.2) is 39.5 Å². The van der Waals surface area contributed by atoms with Crippen LogP contribution in [0.3, 0.4) is 0 Å². The van der Waals surface area contributed by atoms with Gasteiger partial charge in [0.05, 0.1) is 21.6 Å². The average molecular weight is 589 g/mol. The Morgan fingerprint density at radius 2 is 1.68 bits per heavy atom. The van der Waals surface area contributed by atoms with Crippen molar-refractivity contribution >= 4 is 57.9 Å². The summed E-state index contributed by atoms with van der Waals surface area (Å²) < 4.78 is 5.93. The van der Waals surface area contributed by atoms with Crippen LogP contribution >= 0.6 is 23.1 Å². The molecule has 1 aromatic heterocycles. The number of benzene rings is 3. The minimum atomic E-state index is -0.885. The van der Waals surface area contributed by atoms with Crippen LogP contribution in [0.2, 0.25) is 0 Å². The van der Waals surface area contributed by atoms with E-state index in [1.165, 1.54) is 24.3 Å². The third kappa shape index (κ3) is 4.89. The number of amides is 3. The molecule has 3 aromatic carbocycles. The Balaban J connectivity index is 1.34. The lowest BCUT2D eigenvalue weighted by atomic mass is 9.82. The van der Waals surface area contributed by atoms with E-state index in [9.17, 15) is 29.3 Å². The first-order chi connectivity index (χ1) is 19.8. The van der Waals surface area contributed by atoms with Gasteiger partial charge in [-0.15, -0.1) is 0 Å². The summed E-state index contributed by atoms with van der Waals surface area (Å²) in [5.74, 6) is -2.62. The van der Waals surface area contributed by atoms with E-state index >= 15 is 0 Å². The number of H-pyrrole nitrogens is 1. The molecule has 6 rings (SSSR count). The van der Waals surface area contributed by atoms with Gasteiger partial charge in [0.1, 0.15) is 11.0 Å². The van der Waals surface area contributed by atoms with E-state index in [4.69, 9.17) is 4.74 Å². The molecule has 2 aliphatic rings. The summed E-state index contributed by atoms with van der Waals surface area (Å²) in [6, 6.07) is 21.0. The van der Waals surface area contributed by atoms with Gasteiger partial charge in [-0.3, -0.25) is 29.3 Å². The van der Waals surface area contributed by atoms with Crippen molar-refractivity contribution in [2.75, 3.05) is 16.8 Å². The Labute approximate surface area is 240 Å². The molecule has 1 fully saturated rings. The molecule has 4 aromatic rings. The van der Waals surface area contributed by atoms with Crippen LogP contribution in [0.1, 0.15) is 16.4 Å². The number of carbonyl (C=O) groups excluding carboxylic acids is 3. The number of thioether (sulfide) groups is 1. The molecule has 206 valence electrons. The number of fused-ring (bicyclic) bond motifs is 2. The number of aromatic amines is 1. The zero-order valence-corrected chi connectivity index (χ0v) is 22.6. The van der Waals surface area contributed by atoms with Crippen LogP contribution in [0.4, 0.5) is 17.1 Å². The van der Waals surface area contributed by atoms with E-state index < -0.39 is 33.8 Å². The van der Waals surface area contributed by atoms with Crippen molar-refractivity contribution in [3.63, 3.8) is 0 Å². The molecule has 0 saturated carbocycles. The maximum absolute atomic E-state index is 13.9. The van der Waals surface area contributed by atoms with Gasteiger partial charge in [-0.1, -0.05) is 59.5 Å². The van der Waals surface area contributed by atoms with Gasteiger partial charge in [-0.2, -0.15) is 0 Å². The van der Waals surface area contributed by atoms with E-state index in [2.05, 4.69) is 10.3 Å². The Morgan fingerprint density at radius 1 is 0.976 bits per heavy atom. The fourth-order valence-electron chi connectivity index (χ4n) is 5.06. The standard InChI is InChI=1S/C28H20N4O7S2/c33-20(29-15-6-2-1-3-7-15)14-39-19-9-5-4-8-18(19)21-22-24(40-25-23(21)41-28(36)30-25)27(35)31(26(22)34)16-10-12-17(13-11-16)32(37)38/h1-13,21-22,24H,14H2,(H,29,33)(H,30,36). The monoisotopic (exact) mass is 588 g/mol. The molecule has 0 aliphatic carbocycles. The van der Waals surface area contributed by atoms with Gasteiger partial charge in [0.2, 0.25) is 11.8 Å². The maximum Gasteiger partial charge on any atom is 0.305 e. The van der Waals surface area contributed by atoms with E-state index in [1.54, 1.807) is 48.5 Å². The number of rotatable bonds is 7. The first kappa shape index (κ1) is 26.5. The number of imide groups is 1. The molecule has 3 amide bonds. The van der Waals surface area contributed by atoms with Gasteiger partial charge in [0.15, 0.2) is 6.61 Å². The highest BCUT2D eigenvalue weighted by Crippen LogP contribution is 2.54. The highest BCUT2D eigenvalue weighted by Gasteiger charge is 2.56. The van der Waals surface area contributed by atoms with Crippen molar-refractivity contribution in [2.45, 2.75) is 16.2 Å². The van der Waals surface area contributed by atoms with Crippen molar-refractivity contribution in [1.82, 2.24) is 4.98 Å². The number of aromatic nitrogens is 1. The lowest BCUT2D eigenvalue weighted by Crippen LogP contribution is -2.32. The molecule has 2 N–H and O–H groups in total. The van der Waals surface area contributed by atoms with Crippen LogP contribution < -0.4 is 19.8 Å². The lowest BCUT2D eigenvalue weighted by molar-refractivity contribution is -0.384. The van der Waals surface area contributed by atoms with E-state index in [0.717, 1.165) is 28.0 Å². The Morgan fingerprint density at radius 3 is 2.41 bits per heavy atom. The number of anilines is 2. The number of nitrogens with one attached hydrogen (secondary N) is 2. The van der Waals surface area contributed by atoms with E-state index in [1.807, 2.05) is 6.07 Å². The summed E-state index contributed by atoms with van der Waals surface area (Å²) in [6.45, 7) is -0.306. The maximum atomic E-state index is 13.9. The lowest BCUT2D eigenvalue weighted by Gasteiger charge is -2.30. The van der Waals surface area contributed by atoms with Gasteiger partial charge in [-0.05, 0) is 30.3 Å².